The van der Waals surface area contributed by atoms with Crippen LogP contribution in [0.5, 0.6) is 0 Å². The summed E-state index contributed by atoms with van der Waals surface area (Å²) in [6, 6.07) is 2.23. The molecule has 1 saturated carbocycles. The molecule has 0 aromatic rings. The lowest BCUT2D eigenvalue weighted by molar-refractivity contribution is -0.133. The van der Waals surface area contributed by atoms with Gasteiger partial charge in [-0.1, -0.05) is 40.5 Å². The molecular weight excluding hydrogens is 210 g/mol. The Morgan fingerprint density at radius 2 is 1.76 bits per heavy atom. The maximum atomic E-state index is 12.7. The van der Waals surface area contributed by atoms with Gasteiger partial charge in [-0.15, -0.1) is 0 Å². The Balaban J connectivity index is 2.91. The molecule has 1 unspecified atom stereocenters. The first-order valence-corrected chi connectivity index (χ1v) is 6.87. The van der Waals surface area contributed by atoms with Gasteiger partial charge in [0.15, 0.2) is 5.78 Å². The second-order valence-electron chi connectivity index (χ2n) is 6.30. The molecule has 0 bridgehead atoms. The molecule has 0 N–H and O–H groups in total. The molecule has 1 aliphatic rings. The highest BCUT2D eigenvalue weighted by Crippen LogP contribution is 2.46. The molecule has 2 heteroatoms. The largest absolute Gasteiger partial charge is 0.298 e. The smallest absolute Gasteiger partial charge is 0.156 e. The van der Waals surface area contributed by atoms with Gasteiger partial charge < -0.3 is 0 Å². The van der Waals surface area contributed by atoms with E-state index in [9.17, 15) is 10.1 Å². The number of hydrogen-bond donors (Lipinski definition) is 0. The number of rotatable bonds is 5. The molecule has 17 heavy (non-hydrogen) atoms. The van der Waals surface area contributed by atoms with Gasteiger partial charge >= 0.3 is 0 Å². The Morgan fingerprint density at radius 1 is 1.24 bits per heavy atom. The van der Waals surface area contributed by atoms with E-state index < -0.39 is 5.92 Å². The van der Waals surface area contributed by atoms with Gasteiger partial charge in [0.25, 0.3) is 0 Å². The molecule has 1 rings (SSSR count). The van der Waals surface area contributed by atoms with Crippen LogP contribution in [0.1, 0.15) is 59.8 Å². The molecule has 96 valence electrons. The van der Waals surface area contributed by atoms with E-state index in [1.165, 1.54) is 0 Å². The van der Waals surface area contributed by atoms with Crippen molar-refractivity contribution < 1.29 is 4.79 Å². The van der Waals surface area contributed by atoms with E-state index in [0.717, 1.165) is 32.1 Å². The number of Topliss-reactive ketones (excluding diaryl/α,β-unsaturated/α-hetero) is 1. The van der Waals surface area contributed by atoms with Gasteiger partial charge in [0.2, 0.25) is 0 Å². The standard InChI is InChI=1S/C15H25NO/c1-11(2)9-15(7-5-6-8-15)14(17)13(10-16)12(3)4/h11-13H,5-9H2,1-4H3. The van der Waals surface area contributed by atoms with Crippen LogP contribution in [0, 0.1) is 34.5 Å². The van der Waals surface area contributed by atoms with Crippen molar-refractivity contribution >= 4 is 5.78 Å². The molecule has 2 nitrogen and oxygen atoms in total. The summed E-state index contributed by atoms with van der Waals surface area (Å²) in [4.78, 5) is 12.7. The monoisotopic (exact) mass is 235 g/mol. The summed E-state index contributed by atoms with van der Waals surface area (Å²) < 4.78 is 0. The molecular formula is C15H25NO. The van der Waals surface area contributed by atoms with Crippen LogP contribution in [0.25, 0.3) is 0 Å². The van der Waals surface area contributed by atoms with Crippen molar-refractivity contribution in [3.8, 4) is 6.07 Å². The first-order chi connectivity index (χ1) is 7.93. The molecule has 1 atom stereocenters. The summed E-state index contributed by atoms with van der Waals surface area (Å²) in [7, 11) is 0. The maximum absolute atomic E-state index is 12.7. The van der Waals surface area contributed by atoms with Gasteiger partial charge in [0.05, 0.1) is 6.07 Å². The van der Waals surface area contributed by atoms with Crippen molar-refractivity contribution in [2.75, 3.05) is 0 Å². The fraction of sp³-hybridized carbons (Fsp3) is 0.867. The van der Waals surface area contributed by atoms with E-state index in [1.54, 1.807) is 0 Å². The van der Waals surface area contributed by atoms with Crippen molar-refractivity contribution in [2.24, 2.45) is 23.2 Å². The Kier molecular flexibility index (Phi) is 4.74. The number of nitriles is 1. The van der Waals surface area contributed by atoms with Gasteiger partial charge in [-0.05, 0) is 31.1 Å². The molecule has 0 saturated heterocycles. The third kappa shape index (κ3) is 3.09. The second kappa shape index (κ2) is 5.67. The van der Waals surface area contributed by atoms with E-state index >= 15 is 0 Å². The van der Waals surface area contributed by atoms with Gasteiger partial charge in [-0.3, -0.25) is 4.79 Å². The molecule has 0 aliphatic heterocycles. The van der Waals surface area contributed by atoms with Crippen molar-refractivity contribution in [2.45, 2.75) is 59.8 Å². The summed E-state index contributed by atoms with van der Waals surface area (Å²) in [5.41, 5.74) is -0.182. The molecule has 1 fully saturated rings. The zero-order valence-corrected chi connectivity index (χ0v) is 11.6. The minimum Gasteiger partial charge on any atom is -0.298 e. The zero-order valence-electron chi connectivity index (χ0n) is 11.6. The van der Waals surface area contributed by atoms with E-state index in [0.29, 0.717) is 5.92 Å². The van der Waals surface area contributed by atoms with E-state index in [1.807, 2.05) is 13.8 Å². The third-order valence-corrected chi connectivity index (χ3v) is 3.97. The molecule has 1 aliphatic carbocycles. The normalized spacial score (nSPS) is 20.5. The number of nitrogens with zero attached hydrogens (tertiary/aromatic N) is 1. The molecule has 0 radical (unpaired) electrons. The average molecular weight is 235 g/mol. The SMILES string of the molecule is CC(C)CC1(C(=O)C(C#N)C(C)C)CCCC1. The maximum Gasteiger partial charge on any atom is 0.156 e. The van der Waals surface area contributed by atoms with Gasteiger partial charge in [0.1, 0.15) is 5.92 Å². The lowest BCUT2D eigenvalue weighted by Gasteiger charge is -2.32. The van der Waals surface area contributed by atoms with Crippen LogP contribution in [-0.2, 0) is 4.79 Å². The highest BCUT2D eigenvalue weighted by molar-refractivity contribution is 5.89. The Labute approximate surface area is 105 Å². The fourth-order valence-electron chi connectivity index (χ4n) is 3.22. The summed E-state index contributed by atoms with van der Waals surface area (Å²) in [5.74, 6) is 0.480. The Hall–Kier alpha value is -0.840. The van der Waals surface area contributed by atoms with Gasteiger partial charge in [-0.25, -0.2) is 0 Å². The second-order valence-corrected chi connectivity index (χ2v) is 6.30. The van der Waals surface area contributed by atoms with Crippen LogP contribution in [0.15, 0.2) is 0 Å². The van der Waals surface area contributed by atoms with Crippen molar-refractivity contribution in [3.63, 3.8) is 0 Å². The Morgan fingerprint density at radius 3 is 2.12 bits per heavy atom. The van der Waals surface area contributed by atoms with E-state index in [-0.39, 0.29) is 17.1 Å². The number of carbonyl (C=O) groups is 1. The first-order valence-electron chi connectivity index (χ1n) is 6.87. The van der Waals surface area contributed by atoms with Gasteiger partial charge in [0, 0.05) is 5.41 Å². The predicted octanol–water partition coefficient (Wildman–Crippen LogP) is 3.96. The van der Waals surface area contributed by atoms with Crippen LogP contribution >= 0.6 is 0 Å². The summed E-state index contributed by atoms with van der Waals surface area (Å²) >= 11 is 0. The molecule has 0 spiro atoms. The van der Waals surface area contributed by atoms with E-state index in [2.05, 4.69) is 19.9 Å². The summed E-state index contributed by atoms with van der Waals surface area (Å²) in [6.07, 6.45) is 5.24. The number of carbonyl (C=O) groups excluding carboxylic acids is 1. The highest BCUT2D eigenvalue weighted by atomic mass is 16.1. The van der Waals surface area contributed by atoms with Crippen LogP contribution in [0.3, 0.4) is 0 Å². The van der Waals surface area contributed by atoms with E-state index in [4.69, 9.17) is 0 Å². The Bertz CT molecular complexity index is 305. The van der Waals surface area contributed by atoms with Gasteiger partial charge in [-0.2, -0.15) is 5.26 Å². The molecule has 0 aromatic carbocycles. The lowest BCUT2D eigenvalue weighted by atomic mass is 9.69. The third-order valence-electron chi connectivity index (χ3n) is 3.97. The van der Waals surface area contributed by atoms with Crippen LogP contribution in [0.4, 0.5) is 0 Å². The number of ketones is 1. The van der Waals surface area contributed by atoms with Crippen LogP contribution in [0.2, 0.25) is 0 Å². The fourth-order valence-corrected chi connectivity index (χ4v) is 3.22. The molecule has 0 amide bonds. The summed E-state index contributed by atoms with van der Waals surface area (Å²) in [6.45, 7) is 8.29. The average Bonchev–Trinajstić information content (AvgIpc) is 2.66. The quantitative estimate of drug-likeness (QED) is 0.723. The summed E-state index contributed by atoms with van der Waals surface area (Å²) in [5, 5.41) is 9.20. The lowest BCUT2D eigenvalue weighted by Crippen LogP contribution is -2.36. The van der Waals surface area contributed by atoms with Crippen LogP contribution in [-0.4, -0.2) is 5.78 Å². The topological polar surface area (TPSA) is 40.9 Å². The number of hydrogen-bond acceptors (Lipinski definition) is 2. The van der Waals surface area contributed by atoms with Crippen molar-refractivity contribution in [1.82, 2.24) is 0 Å². The minimum absolute atomic E-state index is 0.136. The first kappa shape index (κ1) is 14.2. The predicted molar refractivity (Wildman–Crippen MR) is 69.3 cm³/mol. The molecule has 0 aromatic heterocycles. The highest BCUT2D eigenvalue weighted by Gasteiger charge is 2.44. The van der Waals surface area contributed by atoms with Crippen LogP contribution < -0.4 is 0 Å². The minimum atomic E-state index is -0.410. The zero-order chi connectivity index (χ0) is 13.1. The molecule has 0 heterocycles. The van der Waals surface area contributed by atoms with Crippen molar-refractivity contribution in [3.05, 3.63) is 0 Å². The van der Waals surface area contributed by atoms with Crippen molar-refractivity contribution in [1.29, 1.82) is 5.26 Å².